The van der Waals surface area contributed by atoms with Crippen molar-refractivity contribution >= 4 is 0 Å². The second kappa shape index (κ2) is 7.25. The Morgan fingerprint density at radius 1 is 1.12 bits per heavy atom. The highest BCUT2D eigenvalue weighted by Crippen LogP contribution is 2.11. The molecular weight excluding hydrogens is 202 g/mol. The number of ether oxygens (including phenoxy) is 2. The molecule has 1 aromatic rings. The van der Waals surface area contributed by atoms with Crippen LogP contribution in [-0.4, -0.2) is 19.8 Å². The monoisotopic (exact) mass is 223 g/mol. The zero-order chi connectivity index (χ0) is 11.8. The SMILES string of the molecule is CC(C)COCCOc1ccc(CN)cc1. The first-order valence-electron chi connectivity index (χ1n) is 5.72. The zero-order valence-corrected chi connectivity index (χ0v) is 10.1. The van der Waals surface area contributed by atoms with E-state index in [4.69, 9.17) is 15.2 Å². The average molecular weight is 223 g/mol. The molecule has 0 radical (unpaired) electrons. The summed E-state index contributed by atoms with van der Waals surface area (Å²) in [5.41, 5.74) is 6.62. The minimum Gasteiger partial charge on any atom is -0.491 e. The first-order valence-corrected chi connectivity index (χ1v) is 5.72. The molecule has 0 aliphatic rings. The molecular formula is C13H21NO2. The van der Waals surface area contributed by atoms with Crippen molar-refractivity contribution < 1.29 is 9.47 Å². The third-order valence-electron chi connectivity index (χ3n) is 2.11. The quantitative estimate of drug-likeness (QED) is 0.721. The minimum atomic E-state index is 0.567. The number of rotatable bonds is 7. The molecule has 0 aliphatic heterocycles. The lowest BCUT2D eigenvalue weighted by Gasteiger charge is -2.08. The molecule has 0 heterocycles. The van der Waals surface area contributed by atoms with E-state index in [1.54, 1.807) is 0 Å². The Balaban J connectivity index is 2.16. The topological polar surface area (TPSA) is 44.5 Å². The van der Waals surface area contributed by atoms with E-state index in [0.29, 0.717) is 25.7 Å². The molecule has 2 N–H and O–H groups in total. The van der Waals surface area contributed by atoms with Gasteiger partial charge >= 0.3 is 0 Å². The van der Waals surface area contributed by atoms with Crippen molar-refractivity contribution in [1.82, 2.24) is 0 Å². The summed E-state index contributed by atoms with van der Waals surface area (Å²) in [5.74, 6) is 1.44. The van der Waals surface area contributed by atoms with Crippen LogP contribution in [0.1, 0.15) is 19.4 Å². The molecule has 3 nitrogen and oxygen atoms in total. The lowest BCUT2D eigenvalue weighted by molar-refractivity contribution is 0.0819. The lowest BCUT2D eigenvalue weighted by atomic mass is 10.2. The maximum absolute atomic E-state index is 5.52. The van der Waals surface area contributed by atoms with E-state index >= 15 is 0 Å². The van der Waals surface area contributed by atoms with Crippen LogP contribution in [0.4, 0.5) is 0 Å². The zero-order valence-electron chi connectivity index (χ0n) is 10.1. The van der Waals surface area contributed by atoms with E-state index < -0.39 is 0 Å². The molecule has 0 saturated carbocycles. The van der Waals surface area contributed by atoms with Gasteiger partial charge in [-0.1, -0.05) is 26.0 Å². The van der Waals surface area contributed by atoms with Crippen LogP contribution < -0.4 is 10.5 Å². The first-order chi connectivity index (χ1) is 7.72. The number of benzene rings is 1. The van der Waals surface area contributed by atoms with Crippen molar-refractivity contribution in [3.8, 4) is 5.75 Å². The van der Waals surface area contributed by atoms with Gasteiger partial charge in [-0.15, -0.1) is 0 Å². The van der Waals surface area contributed by atoms with E-state index in [9.17, 15) is 0 Å². The summed E-state index contributed by atoms with van der Waals surface area (Å²) in [5, 5.41) is 0. The largest absolute Gasteiger partial charge is 0.491 e. The molecule has 0 aromatic heterocycles. The van der Waals surface area contributed by atoms with Crippen LogP contribution in [0.3, 0.4) is 0 Å². The molecule has 16 heavy (non-hydrogen) atoms. The fraction of sp³-hybridized carbons (Fsp3) is 0.538. The Bertz CT molecular complexity index is 282. The van der Waals surface area contributed by atoms with Gasteiger partial charge in [0.15, 0.2) is 0 Å². The molecule has 1 aromatic carbocycles. The summed E-state index contributed by atoms with van der Waals surface area (Å²) in [6, 6.07) is 7.82. The molecule has 90 valence electrons. The third-order valence-corrected chi connectivity index (χ3v) is 2.11. The van der Waals surface area contributed by atoms with Crippen LogP contribution in [0.2, 0.25) is 0 Å². The van der Waals surface area contributed by atoms with Crippen LogP contribution in [-0.2, 0) is 11.3 Å². The van der Waals surface area contributed by atoms with Gasteiger partial charge in [-0.05, 0) is 23.6 Å². The van der Waals surface area contributed by atoms with Crippen molar-refractivity contribution in [3.05, 3.63) is 29.8 Å². The molecule has 1 rings (SSSR count). The Labute approximate surface area is 97.6 Å². The number of nitrogens with two attached hydrogens (primary N) is 1. The van der Waals surface area contributed by atoms with E-state index in [0.717, 1.165) is 17.9 Å². The van der Waals surface area contributed by atoms with E-state index in [1.165, 1.54) is 0 Å². The van der Waals surface area contributed by atoms with Gasteiger partial charge in [0.05, 0.1) is 6.61 Å². The summed E-state index contributed by atoms with van der Waals surface area (Å²) in [6.45, 7) is 6.84. The number of hydrogen-bond acceptors (Lipinski definition) is 3. The van der Waals surface area contributed by atoms with Crippen LogP contribution in [0.15, 0.2) is 24.3 Å². The van der Waals surface area contributed by atoms with Gasteiger partial charge in [-0.3, -0.25) is 0 Å². The van der Waals surface area contributed by atoms with E-state index in [2.05, 4.69) is 13.8 Å². The predicted octanol–water partition coefficient (Wildman–Crippen LogP) is 2.20. The summed E-state index contributed by atoms with van der Waals surface area (Å²) in [6.07, 6.45) is 0. The van der Waals surface area contributed by atoms with Gasteiger partial charge in [-0.2, -0.15) is 0 Å². The molecule has 0 fully saturated rings. The van der Waals surface area contributed by atoms with Crippen molar-refractivity contribution in [2.45, 2.75) is 20.4 Å². The van der Waals surface area contributed by atoms with E-state index in [-0.39, 0.29) is 0 Å². The molecule has 0 bridgehead atoms. The third kappa shape index (κ3) is 5.14. The summed E-state index contributed by atoms with van der Waals surface area (Å²) >= 11 is 0. The highest BCUT2D eigenvalue weighted by molar-refractivity contribution is 5.26. The molecule has 3 heteroatoms. The first kappa shape index (κ1) is 13.0. The smallest absolute Gasteiger partial charge is 0.119 e. The summed E-state index contributed by atoms with van der Waals surface area (Å²) < 4.78 is 10.9. The number of hydrogen-bond donors (Lipinski definition) is 1. The second-order valence-electron chi connectivity index (χ2n) is 4.17. The molecule has 0 saturated heterocycles. The average Bonchev–Trinajstić information content (AvgIpc) is 2.29. The highest BCUT2D eigenvalue weighted by atomic mass is 16.5. The molecule has 0 spiro atoms. The summed E-state index contributed by atoms with van der Waals surface area (Å²) in [4.78, 5) is 0. The van der Waals surface area contributed by atoms with Crippen molar-refractivity contribution in [2.24, 2.45) is 11.7 Å². The maximum atomic E-state index is 5.52. The standard InChI is InChI=1S/C13H21NO2/c1-11(2)10-15-7-8-16-13-5-3-12(9-14)4-6-13/h3-6,11H,7-10,14H2,1-2H3. The summed E-state index contributed by atoms with van der Waals surface area (Å²) in [7, 11) is 0. The van der Waals surface area contributed by atoms with Gasteiger partial charge in [0.2, 0.25) is 0 Å². The molecule has 0 amide bonds. The Hall–Kier alpha value is -1.06. The van der Waals surface area contributed by atoms with E-state index in [1.807, 2.05) is 24.3 Å². The van der Waals surface area contributed by atoms with Crippen molar-refractivity contribution in [2.75, 3.05) is 19.8 Å². The van der Waals surface area contributed by atoms with Gasteiger partial charge in [0.25, 0.3) is 0 Å². The van der Waals surface area contributed by atoms with Crippen LogP contribution in [0.5, 0.6) is 5.75 Å². The fourth-order valence-electron chi connectivity index (χ4n) is 1.26. The van der Waals surface area contributed by atoms with Crippen molar-refractivity contribution in [1.29, 1.82) is 0 Å². The molecule has 0 aliphatic carbocycles. The van der Waals surface area contributed by atoms with Gasteiger partial charge in [-0.25, -0.2) is 0 Å². The second-order valence-corrected chi connectivity index (χ2v) is 4.17. The highest BCUT2D eigenvalue weighted by Gasteiger charge is 1.96. The van der Waals surface area contributed by atoms with Crippen molar-refractivity contribution in [3.63, 3.8) is 0 Å². The minimum absolute atomic E-state index is 0.567. The van der Waals surface area contributed by atoms with Crippen LogP contribution in [0, 0.1) is 5.92 Å². The normalized spacial score (nSPS) is 10.8. The molecule has 0 unspecified atom stereocenters. The van der Waals surface area contributed by atoms with Gasteiger partial charge in [0.1, 0.15) is 12.4 Å². The maximum Gasteiger partial charge on any atom is 0.119 e. The van der Waals surface area contributed by atoms with Crippen LogP contribution >= 0.6 is 0 Å². The Kier molecular flexibility index (Phi) is 5.90. The molecule has 0 atom stereocenters. The van der Waals surface area contributed by atoms with Gasteiger partial charge in [0, 0.05) is 13.2 Å². The Morgan fingerprint density at radius 2 is 1.81 bits per heavy atom. The lowest BCUT2D eigenvalue weighted by Crippen LogP contribution is -2.10. The van der Waals surface area contributed by atoms with Gasteiger partial charge < -0.3 is 15.2 Å². The van der Waals surface area contributed by atoms with Crippen LogP contribution in [0.25, 0.3) is 0 Å². The fourth-order valence-corrected chi connectivity index (χ4v) is 1.26. The predicted molar refractivity (Wildman–Crippen MR) is 65.5 cm³/mol. The Morgan fingerprint density at radius 3 is 2.38 bits per heavy atom.